The summed E-state index contributed by atoms with van der Waals surface area (Å²) in [5.41, 5.74) is 0. The first-order valence-electron chi connectivity index (χ1n) is 6.07. The lowest BCUT2D eigenvalue weighted by atomic mass is 9.96. The highest BCUT2D eigenvalue weighted by Crippen LogP contribution is 2.28. The van der Waals surface area contributed by atoms with E-state index < -0.39 is 5.97 Å². The van der Waals surface area contributed by atoms with Crippen LogP contribution in [-0.4, -0.2) is 11.1 Å². The lowest BCUT2D eigenvalue weighted by Crippen LogP contribution is -2.01. The standard InChI is InChI=1S/C13H18O2S/c14-13(15)12-8-7-11(16-12)9-10-5-3-1-2-4-6-10/h7-8,10H,1-6,9H2,(H,14,15). The zero-order chi connectivity index (χ0) is 11.4. The molecule has 1 N–H and O–H groups in total. The first-order valence-corrected chi connectivity index (χ1v) is 6.89. The Bertz CT molecular complexity index is 349. The van der Waals surface area contributed by atoms with Crippen LogP contribution >= 0.6 is 11.3 Å². The highest BCUT2D eigenvalue weighted by atomic mass is 32.1. The van der Waals surface area contributed by atoms with Gasteiger partial charge in [-0.05, 0) is 24.5 Å². The molecule has 1 heterocycles. The molecule has 1 fully saturated rings. The normalized spacial score (nSPS) is 18.2. The van der Waals surface area contributed by atoms with Crippen molar-refractivity contribution in [2.45, 2.75) is 44.9 Å². The Kier molecular flexibility index (Phi) is 3.99. The molecule has 0 unspecified atom stereocenters. The fraction of sp³-hybridized carbons (Fsp3) is 0.615. The molecule has 0 spiro atoms. The minimum absolute atomic E-state index is 0.476. The largest absolute Gasteiger partial charge is 0.477 e. The van der Waals surface area contributed by atoms with E-state index in [0.717, 1.165) is 12.3 Å². The molecule has 1 aliphatic carbocycles. The van der Waals surface area contributed by atoms with E-state index in [1.54, 1.807) is 6.07 Å². The zero-order valence-corrected chi connectivity index (χ0v) is 10.3. The third-order valence-electron chi connectivity index (χ3n) is 3.34. The van der Waals surface area contributed by atoms with E-state index >= 15 is 0 Å². The topological polar surface area (TPSA) is 37.3 Å². The molecule has 16 heavy (non-hydrogen) atoms. The number of hydrogen-bond acceptors (Lipinski definition) is 2. The minimum Gasteiger partial charge on any atom is -0.477 e. The van der Waals surface area contributed by atoms with Crippen LogP contribution in [0.25, 0.3) is 0 Å². The van der Waals surface area contributed by atoms with Gasteiger partial charge in [0.15, 0.2) is 0 Å². The second-order valence-corrected chi connectivity index (χ2v) is 5.80. The molecular formula is C13H18O2S. The summed E-state index contributed by atoms with van der Waals surface area (Å²) in [6.07, 6.45) is 9.17. The number of aromatic carboxylic acids is 1. The summed E-state index contributed by atoms with van der Waals surface area (Å²) in [5, 5.41) is 8.86. The third-order valence-corrected chi connectivity index (χ3v) is 4.43. The minimum atomic E-state index is -0.794. The van der Waals surface area contributed by atoms with Gasteiger partial charge in [-0.25, -0.2) is 4.79 Å². The average Bonchev–Trinajstić information content (AvgIpc) is 2.56. The van der Waals surface area contributed by atoms with Crippen molar-refractivity contribution >= 4 is 17.3 Å². The number of thiophene rings is 1. The fourth-order valence-electron chi connectivity index (χ4n) is 2.46. The van der Waals surface area contributed by atoms with Crippen LogP contribution in [0.5, 0.6) is 0 Å². The van der Waals surface area contributed by atoms with E-state index in [9.17, 15) is 4.79 Å². The zero-order valence-electron chi connectivity index (χ0n) is 9.45. The Labute approximate surface area is 100 Å². The van der Waals surface area contributed by atoms with Crippen molar-refractivity contribution in [3.8, 4) is 0 Å². The number of carboxylic acids is 1. The van der Waals surface area contributed by atoms with Crippen LogP contribution in [0.3, 0.4) is 0 Å². The van der Waals surface area contributed by atoms with Gasteiger partial charge in [-0.1, -0.05) is 38.5 Å². The highest BCUT2D eigenvalue weighted by Gasteiger charge is 2.15. The van der Waals surface area contributed by atoms with Crippen LogP contribution in [-0.2, 0) is 6.42 Å². The van der Waals surface area contributed by atoms with Crippen molar-refractivity contribution in [2.75, 3.05) is 0 Å². The van der Waals surface area contributed by atoms with Crippen LogP contribution in [0.1, 0.15) is 53.1 Å². The molecule has 0 atom stereocenters. The molecule has 2 nitrogen and oxygen atoms in total. The van der Waals surface area contributed by atoms with Crippen molar-refractivity contribution in [1.82, 2.24) is 0 Å². The van der Waals surface area contributed by atoms with Gasteiger partial charge in [0, 0.05) is 4.88 Å². The Hall–Kier alpha value is -0.830. The first-order chi connectivity index (χ1) is 7.75. The molecule has 1 aromatic heterocycles. The molecule has 0 aromatic carbocycles. The molecule has 0 bridgehead atoms. The summed E-state index contributed by atoms with van der Waals surface area (Å²) in [6, 6.07) is 3.72. The Morgan fingerprint density at radius 3 is 2.50 bits per heavy atom. The van der Waals surface area contributed by atoms with Crippen LogP contribution < -0.4 is 0 Å². The van der Waals surface area contributed by atoms with Crippen LogP contribution in [0.15, 0.2) is 12.1 Å². The molecule has 0 saturated heterocycles. The molecule has 1 saturated carbocycles. The monoisotopic (exact) mass is 238 g/mol. The summed E-state index contributed by atoms with van der Waals surface area (Å²) in [6.45, 7) is 0. The highest BCUT2D eigenvalue weighted by molar-refractivity contribution is 7.13. The second-order valence-electron chi connectivity index (χ2n) is 4.63. The molecule has 88 valence electrons. The quantitative estimate of drug-likeness (QED) is 0.809. The van der Waals surface area contributed by atoms with Gasteiger partial charge in [0.1, 0.15) is 4.88 Å². The number of carboxylic acid groups (broad SMARTS) is 1. The van der Waals surface area contributed by atoms with Gasteiger partial charge >= 0.3 is 5.97 Å². The van der Waals surface area contributed by atoms with Crippen LogP contribution in [0, 0.1) is 5.92 Å². The van der Waals surface area contributed by atoms with E-state index in [-0.39, 0.29) is 0 Å². The first kappa shape index (κ1) is 11.6. The maximum atomic E-state index is 10.8. The number of hydrogen-bond donors (Lipinski definition) is 1. The second kappa shape index (κ2) is 5.48. The lowest BCUT2D eigenvalue weighted by molar-refractivity contribution is 0.0702. The molecule has 0 aliphatic heterocycles. The van der Waals surface area contributed by atoms with Crippen molar-refractivity contribution < 1.29 is 9.90 Å². The predicted octanol–water partition coefficient (Wildman–Crippen LogP) is 3.96. The van der Waals surface area contributed by atoms with E-state index in [4.69, 9.17) is 5.11 Å². The van der Waals surface area contributed by atoms with Crippen LogP contribution in [0.4, 0.5) is 0 Å². The summed E-state index contributed by atoms with van der Waals surface area (Å²) in [4.78, 5) is 12.5. The van der Waals surface area contributed by atoms with Gasteiger partial charge in [-0.2, -0.15) is 0 Å². The average molecular weight is 238 g/mol. The van der Waals surface area contributed by atoms with E-state index in [0.29, 0.717) is 4.88 Å². The molecule has 1 aliphatic rings. The Morgan fingerprint density at radius 2 is 1.94 bits per heavy atom. The van der Waals surface area contributed by atoms with Crippen LogP contribution in [0.2, 0.25) is 0 Å². The Morgan fingerprint density at radius 1 is 1.25 bits per heavy atom. The molecule has 2 rings (SSSR count). The van der Waals surface area contributed by atoms with Gasteiger partial charge < -0.3 is 5.11 Å². The number of carbonyl (C=O) groups is 1. The molecule has 0 amide bonds. The van der Waals surface area contributed by atoms with Gasteiger partial charge in [0.05, 0.1) is 0 Å². The van der Waals surface area contributed by atoms with Crippen molar-refractivity contribution in [1.29, 1.82) is 0 Å². The summed E-state index contributed by atoms with van der Waals surface area (Å²) >= 11 is 1.44. The fourth-order valence-corrected chi connectivity index (χ4v) is 3.42. The maximum absolute atomic E-state index is 10.8. The lowest BCUT2D eigenvalue weighted by Gasteiger charge is -2.11. The van der Waals surface area contributed by atoms with E-state index in [2.05, 4.69) is 0 Å². The third kappa shape index (κ3) is 3.08. The van der Waals surface area contributed by atoms with Crippen molar-refractivity contribution in [3.63, 3.8) is 0 Å². The molecule has 1 aromatic rings. The summed E-state index contributed by atoms with van der Waals surface area (Å²) < 4.78 is 0. The number of rotatable bonds is 3. The van der Waals surface area contributed by atoms with Crippen molar-refractivity contribution in [3.05, 3.63) is 21.9 Å². The molecule has 3 heteroatoms. The van der Waals surface area contributed by atoms with E-state index in [1.807, 2.05) is 6.07 Å². The van der Waals surface area contributed by atoms with Gasteiger partial charge in [-0.15, -0.1) is 11.3 Å². The van der Waals surface area contributed by atoms with E-state index in [1.165, 1.54) is 54.7 Å². The van der Waals surface area contributed by atoms with Gasteiger partial charge in [0.25, 0.3) is 0 Å². The predicted molar refractivity (Wildman–Crippen MR) is 66.2 cm³/mol. The van der Waals surface area contributed by atoms with Gasteiger partial charge in [0.2, 0.25) is 0 Å². The summed E-state index contributed by atoms with van der Waals surface area (Å²) in [5.74, 6) is -0.0140. The Balaban J connectivity index is 1.94. The SMILES string of the molecule is O=C(O)c1ccc(CC2CCCCCC2)s1. The molecular weight excluding hydrogens is 220 g/mol. The smallest absolute Gasteiger partial charge is 0.345 e. The summed E-state index contributed by atoms with van der Waals surface area (Å²) in [7, 11) is 0. The molecule has 0 radical (unpaired) electrons. The maximum Gasteiger partial charge on any atom is 0.345 e. The van der Waals surface area contributed by atoms with Crippen molar-refractivity contribution in [2.24, 2.45) is 5.92 Å². The van der Waals surface area contributed by atoms with Gasteiger partial charge in [-0.3, -0.25) is 0 Å².